The first kappa shape index (κ1) is 13.0. The van der Waals surface area contributed by atoms with Gasteiger partial charge in [-0.3, -0.25) is 9.59 Å². The lowest BCUT2D eigenvalue weighted by atomic mass is 10.2. The van der Waals surface area contributed by atoms with E-state index in [0.29, 0.717) is 16.4 Å². The number of carbonyl (C=O) groups excluding carboxylic acids is 2. The minimum atomic E-state index is -0.148. The molecule has 0 radical (unpaired) electrons. The SMILES string of the molecule is CC(=O)Nc1ccc(C(=O)N2CCCC2CO)s1. The molecule has 2 N–H and O–H groups in total. The van der Waals surface area contributed by atoms with Crippen LogP contribution >= 0.6 is 11.3 Å². The first-order valence-electron chi connectivity index (χ1n) is 5.91. The number of amides is 2. The van der Waals surface area contributed by atoms with Crippen molar-refractivity contribution in [1.82, 2.24) is 4.90 Å². The molecule has 1 aliphatic heterocycles. The molecular formula is C12H16N2O3S. The monoisotopic (exact) mass is 268 g/mol. The van der Waals surface area contributed by atoms with Crippen molar-refractivity contribution in [2.75, 3.05) is 18.5 Å². The summed E-state index contributed by atoms with van der Waals surface area (Å²) in [6, 6.07) is 3.37. The highest BCUT2D eigenvalue weighted by molar-refractivity contribution is 7.18. The Morgan fingerprint density at radius 3 is 3.00 bits per heavy atom. The fourth-order valence-corrected chi connectivity index (χ4v) is 3.04. The van der Waals surface area contributed by atoms with E-state index >= 15 is 0 Å². The third kappa shape index (κ3) is 2.70. The third-order valence-electron chi connectivity index (χ3n) is 2.96. The highest BCUT2D eigenvalue weighted by Gasteiger charge is 2.29. The van der Waals surface area contributed by atoms with Gasteiger partial charge in [0.1, 0.15) is 0 Å². The molecule has 1 aliphatic rings. The van der Waals surface area contributed by atoms with Gasteiger partial charge in [0.25, 0.3) is 5.91 Å². The molecule has 2 rings (SSSR count). The molecule has 2 heterocycles. The molecule has 1 aromatic rings. The van der Waals surface area contributed by atoms with Gasteiger partial charge in [-0.1, -0.05) is 0 Å². The first-order chi connectivity index (χ1) is 8.61. The Morgan fingerprint density at radius 2 is 2.33 bits per heavy atom. The second-order valence-electron chi connectivity index (χ2n) is 4.32. The summed E-state index contributed by atoms with van der Waals surface area (Å²) in [5.41, 5.74) is 0. The van der Waals surface area contributed by atoms with Gasteiger partial charge in [-0.25, -0.2) is 0 Å². The van der Waals surface area contributed by atoms with Crippen LogP contribution in [0.3, 0.4) is 0 Å². The van der Waals surface area contributed by atoms with Crippen LogP contribution in [-0.2, 0) is 4.79 Å². The Kier molecular flexibility index (Phi) is 3.98. The van der Waals surface area contributed by atoms with Gasteiger partial charge in [0.15, 0.2) is 0 Å². The van der Waals surface area contributed by atoms with E-state index in [9.17, 15) is 14.7 Å². The maximum Gasteiger partial charge on any atom is 0.264 e. The van der Waals surface area contributed by atoms with E-state index in [4.69, 9.17) is 0 Å². The lowest BCUT2D eigenvalue weighted by Gasteiger charge is -2.22. The predicted molar refractivity (Wildman–Crippen MR) is 69.8 cm³/mol. The summed E-state index contributed by atoms with van der Waals surface area (Å²) < 4.78 is 0. The Morgan fingerprint density at radius 1 is 1.56 bits per heavy atom. The van der Waals surface area contributed by atoms with Crippen LogP contribution < -0.4 is 5.32 Å². The van der Waals surface area contributed by atoms with Gasteiger partial charge >= 0.3 is 0 Å². The Bertz CT molecular complexity index is 458. The molecular weight excluding hydrogens is 252 g/mol. The number of hydrogen-bond acceptors (Lipinski definition) is 4. The van der Waals surface area contributed by atoms with E-state index < -0.39 is 0 Å². The zero-order valence-electron chi connectivity index (χ0n) is 10.2. The van der Waals surface area contributed by atoms with Gasteiger partial charge in [-0.15, -0.1) is 11.3 Å². The number of aliphatic hydroxyl groups is 1. The molecule has 1 fully saturated rings. The molecule has 0 aromatic carbocycles. The van der Waals surface area contributed by atoms with Gasteiger partial charge < -0.3 is 15.3 Å². The van der Waals surface area contributed by atoms with Crippen LogP contribution in [0.5, 0.6) is 0 Å². The second-order valence-corrected chi connectivity index (χ2v) is 5.41. The summed E-state index contributed by atoms with van der Waals surface area (Å²) in [5, 5.41) is 12.5. The number of nitrogens with one attached hydrogen (secondary N) is 1. The fourth-order valence-electron chi connectivity index (χ4n) is 2.13. The standard InChI is InChI=1S/C12H16N2O3S/c1-8(16)13-11-5-4-10(18-11)12(17)14-6-2-3-9(14)7-15/h4-5,9,15H,2-3,6-7H2,1H3,(H,13,16). The average molecular weight is 268 g/mol. The highest BCUT2D eigenvalue weighted by Crippen LogP contribution is 2.26. The summed E-state index contributed by atoms with van der Waals surface area (Å²) in [6.07, 6.45) is 1.78. The van der Waals surface area contributed by atoms with Crippen LogP contribution in [0.4, 0.5) is 5.00 Å². The number of rotatable bonds is 3. The Hall–Kier alpha value is -1.40. The lowest BCUT2D eigenvalue weighted by Crippen LogP contribution is -2.37. The summed E-state index contributed by atoms with van der Waals surface area (Å²) >= 11 is 1.26. The number of thiophene rings is 1. The summed E-state index contributed by atoms with van der Waals surface area (Å²) in [5.74, 6) is -0.210. The molecule has 98 valence electrons. The number of likely N-dealkylation sites (tertiary alicyclic amines) is 1. The van der Waals surface area contributed by atoms with Gasteiger partial charge in [-0.2, -0.15) is 0 Å². The van der Waals surface area contributed by atoms with Crippen LogP contribution in [-0.4, -0.2) is 41.0 Å². The van der Waals surface area contributed by atoms with E-state index in [-0.39, 0.29) is 24.5 Å². The smallest absolute Gasteiger partial charge is 0.264 e. The summed E-state index contributed by atoms with van der Waals surface area (Å²) in [7, 11) is 0. The maximum atomic E-state index is 12.2. The number of anilines is 1. The minimum Gasteiger partial charge on any atom is -0.394 e. The van der Waals surface area contributed by atoms with Crippen molar-refractivity contribution in [3.8, 4) is 0 Å². The normalized spacial score (nSPS) is 19.0. The second kappa shape index (κ2) is 5.49. The molecule has 1 aromatic heterocycles. The van der Waals surface area contributed by atoms with Gasteiger partial charge in [0, 0.05) is 13.5 Å². The van der Waals surface area contributed by atoms with Crippen LogP contribution in [0.15, 0.2) is 12.1 Å². The quantitative estimate of drug-likeness (QED) is 0.868. The van der Waals surface area contributed by atoms with E-state index in [2.05, 4.69) is 5.32 Å². The van der Waals surface area contributed by atoms with E-state index in [1.54, 1.807) is 17.0 Å². The molecule has 1 saturated heterocycles. The van der Waals surface area contributed by atoms with E-state index in [1.807, 2.05) is 0 Å². The number of nitrogens with zero attached hydrogens (tertiary/aromatic N) is 1. The van der Waals surface area contributed by atoms with Crippen molar-refractivity contribution in [3.05, 3.63) is 17.0 Å². The molecule has 0 aliphatic carbocycles. The van der Waals surface area contributed by atoms with Gasteiger partial charge in [0.05, 0.1) is 22.5 Å². The van der Waals surface area contributed by atoms with Crippen molar-refractivity contribution in [1.29, 1.82) is 0 Å². The van der Waals surface area contributed by atoms with Crippen molar-refractivity contribution in [2.45, 2.75) is 25.8 Å². The minimum absolute atomic E-state index is 0.00959. The molecule has 1 unspecified atom stereocenters. The Labute approximate surface area is 109 Å². The van der Waals surface area contributed by atoms with Crippen LogP contribution in [0, 0.1) is 0 Å². The average Bonchev–Trinajstić information content (AvgIpc) is 2.95. The molecule has 0 spiro atoms. The first-order valence-corrected chi connectivity index (χ1v) is 6.72. The van der Waals surface area contributed by atoms with Crippen molar-refractivity contribution >= 4 is 28.2 Å². The van der Waals surface area contributed by atoms with Gasteiger partial charge in [-0.05, 0) is 25.0 Å². The third-order valence-corrected chi connectivity index (χ3v) is 3.95. The lowest BCUT2D eigenvalue weighted by molar-refractivity contribution is -0.114. The molecule has 0 saturated carbocycles. The Balaban J connectivity index is 2.09. The largest absolute Gasteiger partial charge is 0.394 e. The van der Waals surface area contributed by atoms with Crippen molar-refractivity contribution < 1.29 is 14.7 Å². The summed E-state index contributed by atoms with van der Waals surface area (Å²) in [6.45, 7) is 2.14. The highest BCUT2D eigenvalue weighted by atomic mass is 32.1. The predicted octanol–water partition coefficient (Wildman–Crippen LogP) is 1.30. The number of aliphatic hydroxyl groups excluding tert-OH is 1. The topological polar surface area (TPSA) is 69.6 Å². The number of carbonyl (C=O) groups is 2. The fraction of sp³-hybridized carbons (Fsp3) is 0.500. The van der Waals surface area contributed by atoms with Crippen molar-refractivity contribution in [3.63, 3.8) is 0 Å². The van der Waals surface area contributed by atoms with E-state index in [1.165, 1.54) is 18.3 Å². The maximum absolute atomic E-state index is 12.2. The molecule has 18 heavy (non-hydrogen) atoms. The van der Waals surface area contributed by atoms with Crippen LogP contribution in [0.2, 0.25) is 0 Å². The summed E-state index contributed by atoms with van der Waals surface area (Å²) in [4.78, 5) is 25.4. The van der Waals surface area contributed by atoms with E-state index in [0.717, 1.165) is 12.8 Å². The van der Waals surface area contributed by atoms with Gasteiger partial charge in [0.2, 0.25) is 5.91 Å². The molecule has 6 heteroatoms. The molecule has 0 bridgehead atoms. The molecule has 5 nitrogen and oxygen atoms in total. The van der Waals surface area contributed by atoms with Crippen LogP contribution in [0.25, 0.3) is 0 Å². The van der Waals surface area contributed by atoms with Crippen LogP contribution in [0.1, 0.15) is 29.4 Å². The zero-order valence-corrected chi connectivity index (χ0v) is 11.0. The molecule has 2 amide bonds. The number of hydrogen-bond donors (Lipinski definition) is 2. The van der Waals surface area contributed by atoms with Crippen molar-refractivity contribution in [2.24, 2.45) is 0 Å². The molecule has 1 atom stereocenters. The zero-order chi connectivity index (χ0) is 13.1.